The largest absolute Gasteiger partial charge is 0.427 e. The molecule has 0 atom stereocenters. The Morgan fingerprint density at radius 3 is 2.11 bits per heavy atom. The lowest BCUT2D eigenvalue weighted by Gasteiger charge is -2.37. The van der Waals surface area contributed by atoms with Crippen LogP contribution in [0.3, 0.4) is 0 Å². The highest BCUT2D eigenvalue weighted by atomic mass is 16.5. The van der Waals surface area contributed by atoms with Crippen molar-refractivity contribution in [1.29, 1.82) is 0 Å². The normalized spacial score (nSPS) is 12.6. The Hall–Kier alpha value is -0.835. The summed E-state index contributed by atoms with van der Waals surface area (Å²) in [5.41, 5.74) is 0.460. The number of aliphatic hydroxyl groups excluding tert-OH is 1. The Bertz CT molecular complexity index is 366. The van der Waals surface area contributed by atoms with Gasteiger partial charge >= 0.3 is 7.48 Å². The zero-order valence-corrected chi connectivity index (χ0v) is 11.6. The first kappa shape index (κ1) is 15.2. The number of hydrogen-bond donors (Lipinski definition) is 2. The van der Waals surface area contributed by atoms with Crippen LogP contribution in [-0.4, -0.2) is 35.5 Å². The molecule has 0 heterocycles. The molecule has 0 aromatic heterocycles. The van der Waals surface area contributed by atoms with Gasteiger partial charge in [0.05, 0.1) is 11.2 Å². The SMILES string of the molecule is CC(C)(O)C(C)(C)O[B]c1ccc(CCO)cc1. The van der Waals surface area contributed by atoms with Crippen molar-refractivity contribution in [2.45, 2.75) is 45.3 Å². The monoisotopic (exact) mass is 249 g/mol. The quantitative estimate of drug-likeness (QED) is 0.740. The van der Waals surface area contributed by atoms with Crippen LogP contribution in [0.2, 0.25) is 0 Å². The molecule has 0 unspecified atom stereocenters. The highest BCUT2D eigenvalue weighted by Crippen LogP contribution is 2.24. The third-order valence-electron chi connectivity index (χ3n) is 3.34. The summed E-state index contributed by atoms with van der Waals surface area (Å²) >= 11 is 0. The maximum Gasteiger partial charge on any atom is 0.330 e. The smallest absolute Gasteiger partial charge is 0.330 e. The van der Waals surface area contributed by atoms with Gasteiger partial charge in [0, 0.05) is 6.61 Å². The zero-order valence-electron chi connectivity index (χ0n) is 11.6. The first-order chi connectivity index (χ1) is 8.26. The van der Waals surface area contributed by atoms with Crippen LogP contribution in [0.4, 0.5) is 0 Å². The molecule has 2 N–H and O–H groups in total. The van der Waals surface area contributed by atoms with Crippen LogP contribution in [0.5, 0.6) is 0 Å². The van der Waals surface area contributed by atoms with E-state index in [0.717, 1.165) is 11.0 Å². The van der Waals surface area contributed by atoms with Gasteiger partial charge in [-0.3, -0.25) is 0 Å². The Morgan fingerprint density at radius 1 is 1.11 bits per heavy atom. The van der Waals surface area contributed by atoms with E-state index < -0.39 is 11.2 Å². The molecule has 0 saturated heterocycles. The van der Waals surface area contributed by atoms with Crippen LogP contribution >= 0.6 is 0 Å². The van der Waals surface area contributed by atoms with Crippen molar-refractivity contribution in [2.75, 3.05) is 6.61 Å². The molecule has 0 amide bonds. The topological polar surface area (TPSA) is 49.7 Å². The summed E-state index contributed by atoms with van der Waals surface area (Å²) in [5.74, 6) is 0. The van der Waals surface area contributed by atoms with Gasteiger partial charge < -0.3 is 14.9 Å². The fourth-order valence-corrected chi connectivity index (χ4v) is 1.25. The number of hydrogen-bond acceptors (Lipinski definition) is 3. The minimum Gasteiger partial charge on any atom is -0.427 e. The minimum atomic E-state index is -0.916. The molecule has 18 heavy (non-hydrogen) atoms. The van der Waals surface area contributed by atoms with Crippen molar-refractivity contribution >= 4 is 12.9 Å². The van der Waals surface area contributed by atoms with Gasteiger partial charge in [-0.05, 0) is 39.7 Å². The van der Waals surface area contributed by atoms with E-state index in [-0.39, 0.29) is 6.61 Å². The van der Waals surface area contributed by atoms with Crippen LogP contribution in [0.15, 0.2) is 24.3 Å². The van der Waals surface area contributed by atoms with Gasteiger partial charge in [0.2, 0.25) is 0 Å². The van der Waals surface area contributed by atoms with E-state index in [1.54, 1.807) is 21.3 Å². The van der Waals surface area contributed by atoms with Crippen molar-refractivity contribution < 1.29 is 14.9 Å². The summed E-state index contributed by atoms with van der Waals surface area (Å²) in [5, 5.41) is 18.8. The van der Waals surface area contributed by atoms with Gasteiger partial charge in [0.25, 0.3) is 0 Å². The van der Waals surface area contributed by atoms with Gasteiger partial charge in [-0.2, -0.15) is 0 Å². The van der Waals surface area contributed by atoms with E-state index in [1.807, 2.05) is 38.1 Å². The van der Waals surface area contributed by atoms with E-state index in [2.05, 4.69) is 0 Å². The second-order valence-corrected chi connectivity index (χ2v) is 5.52. The second-order valence-electron chi connectivity index (χ2n) is 5.52. The van der Waals surface area contributed by atoms with Crippen LogP contribution in [0, 0.1) is 0 Å². The van der Waals surface area contributed by atoms with E-state index in [1.165, 1.54) is 0 Å². The Labute approximate surface area is 110 Å². The van der Waals surface area contributed by atoms with Crippen LogP contribution < -0.4 is 5.46 Å². The van der Waals surface area contributed by atoms with Crippen LogP contribution in [0.1, 0.15) is 33.3 Å². The molecule has 0 fully saturated rings. The minimum absolute atomic E-state index is 0.158. The molecule has 0 bridgehead atoms. The van der Waals surface area contributed by atoms with E-state index in [4.69, 9.17) is 9.76 Å². The summed E-state index contributed by atoms with van der Waals surface area (Å²) in [6.07, 6.45) is 0.663. The third kappa shape index (κ3) is 4.12. The average Bonchev–Trinajstić information content (AvgIpc) is 2.27. The summed E-state index contributed by atoms with van der Waals surface area (Å²) < 4.78 is 5.66. The molecule has 1 radical (unpaired) electrons. The molecule has 0 aliphatic carbocycles. The maximum atomic E-state index is 9.96. The van der Waals surface area contributed by atoms with Crippen molar-refractivity contribution in [2.24, 2.45) is 0 Å². The van der Waals surface area contributed by atoms with Crippen molar-refractivity contribution in [3.05, 3.63) is 29.8 Å². The molecule has 1 rings (SSSR count). The fraction of sp³-hybridized carbons (Fsp3) is 0.571. The Kier molecular flexibility index (Phi) is 4.96. The molecule has 3 nitrogen and oxygen atoms in total. The number of aliphatic hydroxyl groups is 2. The number of benzene rings is 1. The Morgan fingerprint density at radius 2 is 1.67 bits per heavy atom. The third-order valence-corrected chi connectivity index (χ3v) is 3.34. The molecule has 99 valence electrons. The highest BCUT2D eigenvalue weighted by molar-refractivity contribution is 6.47. The van der Waals surface area contributed by atoms with Crippen LogP contribution in [-0.2, 0) is 11.1 Å². The summed E-state index contributed by atoms with van der Waals surface area (Å²) in [6.45, 7) is 7.31. The van der Waals surface area contributed by atoms with Gasteiger partial charge in [0.1, 0.15) is 0 Å². The van der Waals surface area contributed by atoms with Crippen molar-refractivity contribution in [1.82, 2.24) is 0 Å². The highest BCUT2D eigenvalue weighted by Gasteiger charge is 2.35. The van der Waals surface area contributed by atoms with E-state index in [9.17, 15) is 5.11 Å². The van der Waals surface area contributed by atoms with Crippen molar-refractivity contribution in [3.63, 3.8) is 0 Å². The predicted octanol–water partition coefficient (Wildman–Crippen LogP) is 1.03. The van der Waals surface area contributed by atoms with Gasteiger partial charge in [0.15, 0.2) is 0 Å². The van der Waals surface area contributed by atoms with E-state index >= 15 is 0 Å². The lowest BCUT2D eigenvalue weighted by Crippen LogP contribution is -2.49. The molecule has 0 spiro atoms. The van der Waals surface area contributed by atoms with Gasteiger partial charge in [-0.25, -0.2) is 0 Å². The predicted molar refractivity (Wildman–Crippen MR) is 74.1 cm³/mol. The maximum absolute atomic E-state index is 9.96. The zero-order chi connectivity index (χ0) is 13.8. The standard InChI is InChI=1S/C14H22BO3/c1-13(2,17)14(3,4)18-15-12-7-5-11(6-8-12)9-10-16/h5-8,16-17H,9-10H2,1-4H3. The van der Waals surface area contributed by atoms with Gasteiger partial charge in [-0.15, -0.1) is 0 Å². The molecule has 0 aliphatic heterocycles. The van der Waals surface area contributed by atoms with Crippen molar-refractivity contribution in [3.8, 4) is 0 Å². The molecule has 1 aromatic rings. The fourth-order valence-electron chi connectivity index (χ4n) is 1.25. The average molecular weight is 249 g/mol. The number of rotatable bonds is 6. The molecule has 0 saturated carbocycles. The molecule has 4 heteroatoms. The second kappa shape index (κ2) is 5.87. The van der Waals surface area contributed by atoms with E-state index in [0.29, 0.717) is 6.42 Å². The van der Waals surface area contributed by atoms with Crippen LogP contribution in [0.25, 0.3) is 0 Å². The molecule has 1 aromatic carbocycles. The van der Waals surface area contributed by atoms with Gasteiger partial charge in [-0.1, -0.05) is 29.7 Å². The summed E-state index contributed by atoms with van der Waals surface area (Å²) in [6, 6.07) is 7.79. The molecular formula is C14H22BO3. The molecule has 0 aliphatic rings. The molecular weight excluding hydrogens is 227 g/mol. The summed E-state index contributed by atoms with van der Waals surface area (Å²) in [7, 11) is 1.65. The first-order valence-corrected chi connectivity index (χ1v) is 6.19. The first-order valence-electron chi connectivity index (χ1n) is 6.19. The Balaban J connectivity index is 2.59. The lowest BCUT2D eigenvalue weighted by atomic mass is 9.82. The summed E-state index contributed by atoms with van der Waals surface area (Å²) in [4.78, 5) is 0. The lowest BCUT2D eigenvalue weighted by molar-refractivity contribution is -0.0893.